The molecule has 2 N–H and O–H groups in total. The summed E-state index contributed by atoms with van der Waals surface area (Å²) >= 11 is 0. The number of fused-ring (bicyclic) bond motifs is 1. The third-order valence-electron chi connectivity index (χ3n) is 6.72. The molecule has 3 heterocycles. The number of ether oxygens (including phenoxy) is 1. The number of carbonyl (C=O) groups is 4. The van der Waals surface area contributed by atoms with Gasteiger partial charge in [0.1, 0.15) is 12.1 Å². The lowest BCUT2D eigenvalue weighted by Gasteiger charge is -2.29. The number of piperidine rings is 1. The number of benzene rings is 1. The molecule has 1 saturated heterocycles. The molecule has 1 atom stereocenters. The molecule has 176 valence electrons. The highest BCUT2D eigenvalue weighted by atomic mass is 16.5. The van der Waals surface area contributed by atoms with Crippen LogP contribution in [-0.2, 0) is 22.6 Å². The van der Waals surface area contributed by atoms with E-state index in [0.717, 1.165) is 18.4 Å². The van der Waals surface area contributed by atoms with E-state index < -0.39 is 11.9 Å². The van der Waals surface area contributed by atoms with Crippen molar-refractivity contribution in [1.29, 1.82) is 0 Å². The number of aryl methyl sites for hydroxylation is 1. The number of nitrogens with zero attached hydrogens (tertiary/aromatic N) is 2. The van der Waals surface area contributed by atoms with Crippen LogP contribution in [0.3, 0.4) is 0 Å². The van der Waals surface area contributed by atoms with Gasteiger partial charge in [0.15, 0.2) is 0 Å². The third-order valence-corrected chi connectivity index (χ3v) is 6.72. The zero-order valence-corrected chi connectivity index (χ0v) is 18.9. The summed E-state index contributed by atoms with van der Waals surface area (Å²) in [4.78, 5) is 55.3. The van der Waals surface area contributed by atoms with Crippen molar-refractivity contribution in [3.8, 4) is 5.88 Å². The van der Waals surface area contributed by atoms with Crippen molar-refractivity contribution in [3.05, 3.63) is 52.7 Å². The first-order valence-corrected chi connectivity index (χ1v) is 11.7. The largest absolute Gasteiger partial charge is 0.474 e. The lowest BCUT2D eigenvalue weighted by molar-refractivity contribution is -0.136. The van der Waals surface area contributed by atoms with Crippen molar-refractivity contribution < 1.29 is 23.9 Å². The van der Waals surface area contributed by atoms with Crippen molar-refractivity contribution >= 4 is 29.3 Å². The molecule has 1 unspecified atom stereocenters. The van der Waals surface area contributed by atoms with Gasteiger partial charge >= 0.3 is 0 Å². The van der Waals surface area contributed by atoms with Crippen molar-refractivity contribution in [2.75, 3.05) is 5.32 Å². The summed E-state index contributed by atoms with van der Waals surface area (Å²) < 4.78 is 5.86. The van der Waals surface area contributed by atoms with Gasteiger partial charge in [-0.3, -0.25) is 24.5 Å². The molecule has 3 aliphatic rings. The van der Waals surface area contributed by atoms with Crippen LogP contribution < -0.4 is 15.4 Å². The second-order valence-electron chi connectivity index (χ2n) is 8.93. The van der Waals surface area contributed by atoms with E-state index in [0.29, 0.717) is 41.1 Å². The van der Waals surface area contributed by atoms with Gasteiger partial charge < -0.3 is 15.0 Å². The average Bonchev–Trinajstić information content (AvgIpc) is 3.12. The standard InChI is InChI=1S/C25H26N4O5/c1-2-14-11-22(34-17-4-3-5-17)26-12-19(14)27-23(31)15-6-7-18-16(10-15)13-29(25(18)33)20-8-9-21(30)28-24(20)32/h6-7,10-12,17,20H,2-5,8-9,13H2,1H3,(H,27,31)(H,28,30,32). The molecule has 2 fully saturated rings. The highest BCUT2D eigenvalue weighted by molar-refractivity contribution is 6.08. The molecule has 9 heteroatoms. The molecule has 1 saturated carbocycles. The van der Waals surface area contributed by atoms with Crippen LogP contribution >= 0.6 is 0 Å². The average molecular weight is 463 g/mol. The van der Waals surface area contributed by atoms with Gasteiger partial charge in [0.2, 0.25) is 17.7 Å². The van der Waals surface area contributed by atoms with E-state index >= 15 is 0 Å². The van der Waals surface area contributed by atoms with Gasteiger partial charge in [0.05, 0.1) is 11.9 Å². The second-order valence-corrected chi connectivity index (χ2v) is 8.93. The van der Waals surface area contributed by atoms with Crippen LogP contribution in [0.15, 0.2) is 30.5 Å². The van der Waals surface area contributed by atoms with Crippen LogP contribution in [-0.4, -0.2) is 45.7 Å². The lowest BCUT2D eigenvalue weighted by atomic mass is 9.96. The van der Waals surface area contributed by atoms with E-state index in [1.54, 1.807) is 24.4 Å². The Morgan fingerprint density at radius 2 is 2.03 bits per heavy atom. The smallest absolute Gasteiger partial charge is 0.255 e. The summed E-state index contributed by atoms with van der Waals surface area (Å²) in [6, 6.07) is 6.09. The topological polar surface area (TPSA) is 118 Å². The van der Waals surface area contributed by atoms with Crippen LogP contribution in [0.1, 0.15) is 70.9 Å². The Morgan fingerprint density at radius 1 is 1.21 bits per heavy atom. The summed E-state index contributed by atoms with van der Waals surface area (Å²) in [7, 11) is 0. The van der Waals surface area contributed by atoms with Crippen molar-refractivity contribution in [2.45, 2.75) is 64.1 Å². The zero-order valence-electron chi connectivity index (χ0n) is 18.9. The minimum atomic E-state index is -0.686. The number of carbonyl (C=O) groups excluding carboxylic acids is 4. The number of rotatable bonds is 6. The maximum absolute atomic E-state index is 13.0. The first kappa shape index (κ1) is 22.1. The summed E-state index contributed by atoms with van der Waals surface area (Å²) in [5.41, 5.74) is 3.11. The molecule has 1 aliphatic carbocycles. The van der Waals surface area contributed by atoms with Gasteiger partial charge in [-0.15, -0.1) is 0 Å². The maximum atomic E-state index is 13.0. The fourth-order valence-electron chi connectivity index (χ4n) is 4.51. The van der Waals surface area contributed by atoms with Gasteiger partial charge in [0.25, 0.3) is 11.8 Å². The van der Waals surface area contributed by atoms with Gasteiger partial charge in [0, 0.05) is 30.2 Å². The fraction of sp³-hybridized carbons (Fsp3) is 0.400. The Hall–Kier alpha value is -3.75. The zero-order chi connectivity index (χ0) is 23.8. The molecule has 1 aromatic heterocycles. The lowest BCUT2D eigenvalue weighted by Crippen LogP contribution is -2.52. The van der Waals surface area contributed by atoms with Gasteiger partial charge in [-0.25, -0.2) is 4.98 Å². The minimum absolute atomic E-state index is 0.197. The molecule has 9 nitrogen and oxygen atoms in total. The molecular weight excluding hydrogens is 436 g/mol. The number of pyridine rings is 1. The summed E-state index contributed by atoms with van der Waals surface area (Å²) in [6.45, 7) is 2.22. The number of amides is 4. The predicted molar refractivity (Wildman–Crippen MR) is 122 cm³/mol. The number of anilines is 1. The maximum Gasteiger partial charge on any atom is 0.255 e. The Balaban J connectivity index is 1.30. The van der Waals surface area contributed by atoms with E-state index in [1.165, 1.54) is 11.3 Å². The first-order chi connectivity index (χ1) is 16.4. The molecule has 2 aliphatic heterocycles. The Labute approximate surface area is 196 Å². The summed E-state index contributed by atoms with van der Waals surface area (Å²) in [5, 5.41) is 5.21. The van der Waals surface area contributed by atoms with Gasteiger partial charge in [-0.05, 0) is 61.4 Å². The molecule has 2 aromatic rings. The van der Waals surface area contributed by atoms with E-state index in [4.69, 9.17) is 4.74 Å². The minimum Gasteiger partial charge on any atom is -0.474 e. The number of hydrogen-bond acceptors (Lipinski definition) is 6. The van der Waals surface area contributed by atoms with Gasteiger partial charge in [-0.1, -0.05) is 6.92 Å². The fourth-order valence-corrected chi connectivity index (χ4v) is 4.51. The van der Waals surface area contributed by atoms with Crippen molar-refractivity contribution in [1.82, 2.24) is 15.2 Å². The SMILES string of the molecule is CCc1cc(OC2CCC2)ncc1NC(=O)c1ccc2c(c1)CN(C1CCC(=O)NC1=O)C2=O. The molecule has 5 rings (SSSR count). The second kappa shape index (κ2) is 8.89. The predicted octanol–water partition coefficient (Wildman–Crippen LogP) is 2.59. The molecular formula is C25H26N4O5. The van der Waals surface area contributed by atoms with Crippen LogP contribution in [0.4, 0.5) is 5.69 Å². The highest BCUT2D eigenvalue weighted by Gasteiger charge is 2.39. The normalized spacial score (nSPS) is 20.0. The van der Waals surface area contributed by atoms with E-state index in [-0.39, 0.29) is 36.8 Å². The first-order valence-electron chi connectivity index (χ1n) is 11.7. The molecule has 4 amide bonds. The monoisotopic (exact) mass is 462 g/mol. The summed E-state index contributed by atoms with van der Waals surface area (Å²) in [6.07, 6.45) is 6.31. The quantitative estimate of drug-likeness (QED) is 0.637. The Kier molecular flexibility index (Phi) is 5.77. The van der Waals surface area contributed by atoms with E-state index in [9.17, 15) is 19.2 Å². The van der Waals surface area contributed by atoms with Gasteiger partial charge in [-0.2, -0.15) is 0 Å². The molecule has 1 aromatic carbocycles. The molecule has 0 spiro atoms. The van der Waals surface area contributed by atoms with Crippen LogP contribution in [0, 0.1) is 0 Å². The van der Waals surface area contributed by atoms with Crippen molar-refractivity contribution in [2.24, 2.45) is 0 Å². The number of hydrogen-bond donors (Lipinski definition) is 2. The third kappa shape index (κ3) is 4.13. The van der Waals surface area contributed by atoms with Crippen LogP contribution in [0.2, 0.25) is 0 Å². The van der Waals surface area contributed by atoms with Crippen LogP contribution in [0.5, 0.6) is 5.88 Å². The molecule has 0 bridgehead atoms. The Bertz CT molecular complexity index is 1190. The summed E-state index contributed by atoms with van der Waals surface area (Å²) in [5.74, 6) is -0.786. The van der Waals surface area contributed by atoms with E-state index in [1.807, 2.05) is 13.0 Å². The molecule has 0 radical (unpaired) electrons. The Morgan fingerprint density at radius 3 is 2.74 bits per heavy atom. The number of nitrogens with one attached hydrogen (secondary N) is 2. The molecule has 34 heavy (non-hydrogen) atoms. The number of imide groups is 1. The van der Waals surface area contributed by atoms with Crippen LogP contribution in [0.25, 0.3) is 0 Å². The van der Waals surface area contributed by atoms with E-state index in [2.05, 4.69) is 15.6 Å². The highest BCUT2D eigenvalue weighted by Crippen LogP contribution is 2.29. The van der Waals surface area contributed by atoms with Crippen molar-refractivity contribution in [3.63, 3.8) is 0 Å². The number of aromatic nitrogens is 1.